The van der Waals surface area contributed by atoms with E-state index in [0.29, 0.717) is 0 Å². The van der Waals surface area contributed by atoms with Gasteiger partial charge < -0.3 is 10.2 Å². The van der Waals surface area contributed by atoms with Gasteiger partial charge in [0.15, 0.2) is 0 Å². The summed E-state index contributed by atoms with van der Waals surface area (Å²) in [5, 5.41) is 16.4. The minimum Gasteiger partial charge on any atom is -0.478 e. The molecule has 0 spiro atoms. The van der Waals surface area contributed by atoms with E-state index < -0.39 is 11.9 Å². The lowest BCUT2D eigenvalue weighted by molar-refractivity contribution is -0.133. The third-order valence-corrected chi connectivity index (χ3v) is 1.96. The standard InChI is InChI=1S/C8H8.C7H8O4/c1-2-8-6-4-3-5-7-8;1-5(7(10)11)3-2-4-6(8)9/h2-7H,1H2;2,4H,1,3H2,(H,8,9)(H,10,11). The van der Waals surface area contributed by atoms with Crippen molar-refractivity contribution in [1.29, 1.82) is 0 Å². The molecule has 0 saturated heterocycles. The fraction of sp³-hybridized carbons (Fsp3) is 0.0667. The van der Waals surface area contributed by atoms with Crippen molar-refractivity contribution in [1.82, 2.24) is 0 Å². The zero-order valence-corrected chi connectivity index (χ0v) is 10.5. The van der Waals surface area contributed by atoms with Crippen LogP contribution in [0.5, 0.6) is 0 Å². The smallest absolute Gasteiger partial charge is 0.331 e. The van der Waals surface area contributed by atoms with E-state index in [1.807, 2.05) is 36.4 Å². The summed E-state index contributed by atoms with van der Waals surface area (Å²) in [6.07, 6.45) is 4.01. The number of aliphatic carboxylic acids is 2. The quantitative estimate of drug-likeness (QED) is 0.798. The molecule has 2 N–H and O–H groups in total. The first-order valence-corrected chi connectivity index (χ1v) is 5.45. The molecule has 4 heteroatoms. The Bertz CT molecular complexity index is 472. The first kappa shape index (κ1) is 16.4. The van der Waals surface area contributed by atoms with Crippen LogP contribution in [0.4, 0.5) is 0 Å². The minimum atomic E-state index is -1.11. The van der Waals surface area contributed by atoms with Gasteiger partial charge in [0.1, 0.15) is 0 Å². The van der Waals surface area contributed by atoms with Crippen molar-refractivity contribution in [3.63, 3.8) is 0 Å². The third-order valence-electron chi connectivity index (χ3n) is 1.96. The molecule has 4 nitrogen and oxygen atoms in total. The Labute approximate surface area is 112 Å². The van der Waals surface area contributed by atoms with Gasteiger partial charge in [-0.05, 0) is 12.0 Å². The van der Waals surface area contributed by atoms with Gasteiger partial charge in [0.05, 0.1) is 0 Å². The van der Waals surface area contributed by atoms with E-state index in [1.54, 1.807) is 0 Å². The SMILES string of the molecule is C=C(CC=CC(=O)O)C(=O)O.C=Cc1ccccc1. The molecule has 1 rings (SSSR count). The second-order valence-electron chi connectivity index (χ2n) is 3.47. The van der Waals surface area contributed by atoms with Crippen LogP contribution in [0.1, 0.15) is 12.0 Å². The molecule has 19 heavy (non-hydrogen) atoms. The summed E-state index contributed by atoms with van der Waals surface area (Å²) in [7, 11) is 0. The van der Waals surface area contributed by atoms with Crippen molar-refractivity contribution < 1.29 is 19.8 Å². The van der Waals surface area contributed by atoms with Gasteiger partial charge in [0, 0.05) is 11.6 Å². The van der Waals surface area contributed by atoms with Crippen LogP contribution in [-0.4, -0.2) is 22.2 Å². The van der Waals surface area contributed by atoms with Gasteiger partial charge in [-0.3, -0.25) is 0 Å². The topological polar surface area (TPSA) is 74.6 Å². The van der Waals surface area contributed by atoms with E-state index in [9.17, 15) is 9.59 Å². The molecule has 0 bridgehead atoms. The van der Waals surface area contributed by atoms with E-state index in [2.05, 4.69) is 13.2 Å². The number of carbonyl (C=O) groups is 2. The number of allylic oxidation sites excluding steroid dienone is 1. The molecule has 0 aliphatic rings. The van der Waals surface area contributed by atoms with E-state index in [-0.39, 0.29) is 12.0 Å². The van der Waals surface area contributed by atoms with Gasteiger partial charge in [-0.15, -0.1) is 0 Å². The average molecular weight is 260 g/mol. The maximum Gasteiger partial charge on any atom is 0.331 e. The number of carboxylic acids is 2. The number of benzene rings is 1. The highest BCUT2D eigenvalue weighted by atomic mass is 16.4. The van der Waals surface area contributed by atoms with Gasteiger partial charge in [-0.25, -0.2) is 9.59 Å². The molecule has 0 aliphatic heterocycles. The molecule has 0 fully saturated rings. The van der Waals surface area contributed by atoms with Gasteiger partial charge in [-0.2, -0.15) is 0 Å². The minimum absolute atomic E-state index is 0.0255. The number of hydrogen-bond acceptors (Lipinski definition) is 2. The molecule has 0 heterocycles. The van der Waals surface area contributed by atoms with Crippen molar-refractivity contribution in [2.45, 2.75) is 6.42 Å². The van der Waals surface area contributed by atoms with Crippen molar-refractivity contribution >= 4 is 18.0 Å². The highest BCUT2D eigenvalue weighted by molar-refractivity contribution is 5.86. The Kier molecular flexibility index (Phi) is 8.12. The third kappa shape index (κ3) is 9.12. The van der Waals surface area contributed by atoms with Crippen molar-refractivity contribution in [2.24, 2.45) is 0 Å². The zero-order valence-electron chi connectivity index (χ0n) is 10.5. The van der Waals surface area contributed by atoms with Crippen LogP contribution in [0.25, 0.3) is 6.08 Å². The molecular formula is C15H16O4. The Morgan fingerprint density at radius 3 is 2.11 bits per heavy atom. The highest BCUT2D eigenvalue weighted by Gasteiger charge is 1.99. The van der Waals surface area contributed by atoms with Crippen LogP contribution in [-0.2, 0) is 9.59 Å². The second-order valence-corrected chi connectivity index (χ2v) is 3.47. The van der Waals surface area contributed by atoms with Gasteiger partial charge in [-0.1, -0.05) is 55.6 Å². The van der Waals surface area contributed by atoms with Crippen molar-refractivity contribution in [2.75, 3.05) is 0 Å². The summed E-state index contributed by atoms with van der Waals surface area (Å²) in [6, 6.07) is 10.0. The lowest BCUT2D eigenvalue weighted by Crippen LogP contribution is -1.97. The molecule has 1 aromatic rings. The van der Waals surface area contributed by atoms with Crippen LogP contribution in [0, 0.1) is 0 Å². The number of hydrogen-bond donors (Lipinski definition) is 2. The average Bonchev–Trinajstić information content (AvgIpc) is 2.39. The first-order chi connectivity index (χ1) is 8.97. The lowest BCUT2D eigenvalue weighted by Gasteiger charge is -1.90. The van der Waals surface area contributed by atoms with Gasteiger partial charge in [0.2, 0.25) is 0 Å². The zero-order chi connectivity index (χ0) is 14.7. The molecule has 0 amide bonds. The van der Waals surface area contributed by atoms with Crippen molar-refractivity contribution in [3.8, 4) is 0 Å². The maximum absolute atomic E-state index is 10.1. The van der Waals surface area contributed by atoms with E-state index in [0.717, 1.165) is 6.08 Å². The summed E-state index contributed by atoms with van der Waals surface area (Å²) in [5.41, 5.74) is 1.15. The van der Waals surface area contributed by atoms with E-state index in [4.69, 9.17) is 10.2 Å². The summed E-state index contributed by atoms with van der Waals surface area (Å²) < 4.78 is 0. The molecule has 0 unspecified atom stereocenters. The Morgan fingerprint density at radius 1 is 1.16 bits per heavy atom. The fourth-order valence-electron chi connectivity index (χ4n) is 0.978. The van der Waals surface area contributed by atoms with Crippen LogP contribution >= 0.6 is 0 Å². The molecule has 0 radical (unpaired) electrons. The Hall–Kier alpha value is -2.62. The first-order valence-electron chi connectivity index (χ1n) is 5.45. The molecule has 0 saturated carbocycles. The molecule has 100 valence electrons. The summed E-state index contributed by atoms with van der Waals surface area (Å²) in [4.78, 5) is 20.0. The largest absolute Gasteiger partial charge is 0.478 e. The number of rotatable bonds is 5. The van der Waals surface area contributed by atoms with Crippen molar-refractivity contribution in [3.05, 3.63) is 66.8 Å². The van der Waals surface area contributed by atoms with Crippen LogP contribution in [0.15, 0.2) is 61.2 Å². The van der Waals surface area contributed by atoms with Crippen LogP contribution in [0.3, 0.4) is 0 Å². The molecule has 0 atom stereocenters. The molecule has 1 aromatic carbocycles. The predicted octanol–water partition coefficient (Wildman–Crippen LogP) is 2.99. The van der Waals surface area contributed by atoms with E-state index in [1.165, 1.54) is 11.6 Å². The van der Waals surface area contributed by atoms with Gasteiger partial charge in [0.25, 0.3) is 0 Å². The molecule has 0 aromatic heterocycles. The van der Waals surface area contributed by atoms with E-state index >= 15 is 0 Å². The predicted molar refractivity (Wildman–Crippen MR) is 74.7 cm³/mol. The summed E-state index contributed by atoms with van der Waals surface area (Å²) in [6.45, 7) is 6.84. The monoisotopic (exact) mass is 260 g/mol. The summed E-state index contributed by atoms with van der Waals surface area (Å²) in [5.74, 6) is -2.21. The lowest BCUT2D eigenvalue weighted by atomic mass is 10.2. The van der Waals surface area contributed by atoms with Gasteiger partial charge >= 0.3 is 11.9 Å². The Morgan fingerprint density at radius 2 is 1.74 bits per heavy atom. The van der Waals surface area contributed by atoms with Crippen LogP contribution in [0.2, 0.25) is 0 Å². The summed E-state index contributed by atoms with van der Waals surface area (Å²) >= 11 is 0. The maximum atomic E-state index is 10.1. The molecular weight excluding hydrogens is 244 g/mol. The normalized spacial score (nSPS) is 9.26. The second kappa shape index (κ2) is 9.41. The Balaban J connectivity index is 0.000000356. The number of carboxylic acid groups (broad SMARTS) is 2. The highest BCUT2D eigenvalue weighted by Crippen LogP contribution is 1.98. The molecule has 0 aliphatic carbocycles. The fourth-order valence-corrected chi connectivity index (χ4v) is 0.978. The van der Waals surface area contributed by atoms with Crippen LogP contribution < -0.4 is 0 Å².